The zero-order valence-corrected chi connectivity index (χ0v) is 11.0. The summed E-state index contributed by atoms with van der Waals surface area (Å²) in [5.74, 6) is 1.66. The molecule has 2 unspecified atom stereocenters. The van der Waals surface area contributed by atoms with Crippen molar-refractivity contribution in [3.63, 3.8) is 0 Å². The predicted molar refractivity (Wildman–Crippen MR) is 74.0 cm³/mol. The Hall–Kier alpha value is -1.31. The first-order chi connectivity index (χ1) is 8.78. The van der Waals surface area contributed by atoms with Crippen LogP contribution in [0.3, 0.4) is 0 Å². The second-order valence-corrected chi connectivity index (χ2v) is 5.90. The van der Waals surface area contributed by atoms with Crippen LogP contribution in [-0.2, 0) is 4.79 Å². The van der Waals surface area contributed by atoms with E-state index in [4.69, 9.17) is 0 Å². The number of nitrogens with zero attached hydrogens (tertiary/aromatic N) is 1. The maximum atomic E-state index is 10.7. The Morgan fingerprint density at radius 2 is 1.83 bits per heavy atom. The number of aldehydes is 1. The molecule has 2 atom stereocenters. The minimum Gasteiger partial charge on any atom is -0.372 e. The molecular formula is C16H21NO. The molecular weight excluding hydrogens is 222 g/mol. The van der Waals surface area contributed by atoms with Gasteiger partial charge in [0.2, 0.25) is 0 Å². The van der Waals surface area contributed by atoms with Crippen molar-refractivity contribution in [2.24, 2.45) is 11.8 Å². The number of carbonyl (C=O) groups excluding carboxylic acids is 1. The van der Waals surface area contributed by atoms with Crippen LogP contribution >= 0.6 is 0 Å². The maximum Gasteiger partial charge on any atom is 0.123 e. The molecule has 1 saturated heterocycles. The van der Waals surface area contributed by atoms with Gasteiger partial charge < -0.3 is 9.69 Å². The lowest BCUT2D eigenvalue weighted by Gasteiger charge is -2.32. The average Bonchev–Trinajstić information content (AvgIpc) is 3.19. The molecule has 0 bridgehead atoms. The molecule has 1 aromatic carbocycles. The Morgan fingerprint density at radius 1 is 1.17 bits per heavy atom. The number of piperidine rings is 1. The lowest BCUT2D eigenvalue weighted by atomic mass is 9.98. The van der Waals surface area contributed by atoms with Crippen molar-refractivity contribution in [2.45, 2.75) is 32.1 Å². The molecule has 1 saturated carbocycles. The molecule has 0 radical (unpaired) electrons. The molecule has 1 aliphatic heterocycles. The third-order valence-corrected chi connectivity index (χ3v) is 4.48. The molecule has 0 amide bonds. The maximum absolute atomic E-state index is 10.7. The monoisotopic (exact) mass is 243 g/mol. The highest BCUT2D eigenvalue weighted by Gasteiger charge is 2.37. The average molecular weight is 243 g/mol. The van der Waals surface area contributed by atoms with Gasteiger partial charge in [0.05, 0.1) is 0 Å². The molecule has 0 aromatic heterocycles. The fourth-order valence-electron chi connectivity index (χ4n) is 2.95. The summed E-state index contributed by atoms with van der Waals surface area (Å²) in [4.78, 5) is 13.2. The molecule has 3 rings (SSSR count). The van der Waals surface area contributed by atoms with Crippen LogP contribution in [0, 0.1) is 11.8 Å². The van der Waals surface area contributed by atoms with Gasteiger partial charge in [-0.3, -0.25) is 0 Å². The first-order valence-electron chi connectivity index (χ1n) is 7.08. The summed E-state index contributed by atoms with van der Waals surface area (Å²) in [5, 5.41) is 0. The van der Waals surface area contributed by atoms with Gasteiger partial charge in [-0.15, -0.1) is 0 Å². The molecule has 0 N–H and O–H groups in total. The second-order valence-electron chi connectivity index (χ2n) is 5.90. The highest BCUT2D eigenvalue weighted by molar-refractivity contribution is 5.62. The number of carbonyl (C=O) groups is 1. The van der Waals surface area contributed by atoms with Crippen LogP contribution in [-0.4, -0.2) is 19.4 Å². The highest BCUT2D eigenvalue weighted by Crippen LogP contribution is 2.46. The van der Waals surface area contributed by atoms with Gasteiger partial charge in [-0.2, -0.15) is 0 Å². The Bertz CT molecular complexity index is 417. The predicted octanol–water partition coefficient (Wildman–Crippen LogP) is 3.23. The summed E-state index contributed by atoms with van der Waals surface area (Å²) >= 11 is 0. The number of hydrogen-bond acceptors (Lipinski definition) is 2. The van der Waals surface area contributed by atoms with Crippen molar-refractivity contribution >= 4 is 12.0 Å². The first kappa shape index (κ1) is 11.8. The molecule has 2 nitrogen and oxygen atoms in total. The van der Waals surface area contributed by atoms with E-state index in [2.05, 4.69) is 36.1 Å². The smallest absolute Gasteiger partial charge is 0.123 e. The Labute approximate surface area is 109 Å². The third kappa shape index (κ3) is 2.29. The number of benzene rings is 1. The topological polar surface area (TPSA) is 20.3 Å². The van der Waals surface area contributed by atoms with Crippen LogP contribution in [0.2, 0.25) is 0 Å². The zero-order valence-electron chi connectivity index (χ0n) is 11.0. The van der Waals surface area contributed by atoms with E-state index in [0.717, 1.165) is 18.6 Å². The van der Waals surface area contributed by atoms with Crippen LogP contribution in [0.5, 0.6) is 0 Å². The van der Waals surface area contributed by atoms with Crippen molar-refractivity contribution in [1.82, 2.24) is 0 Å². The highest BCUT2D eigenvalue weighted by atomic mass is 16.1. The van der Waals surface area contributed by atoms with Gasteiger partial charge in [0.15, 0.2) is 0 Å². The summed E-state index contributed by atoms with van der Waals surface area (Å²) in [6.45, 7) is 4.70. The summed E-state index contributed by atoms with van der Waals surface area (Å²) in [7, 11) is 0. The minimum absolute atomic E-state index is 0.284. The standard InChI is InChI=1S/C16H21NO/c1-12-6-8-17(9-7-12)15-4-2-13(3-5-15)16-10-14(16)11-18/h2-5,11-12,14,16H,6-10H2,1H3. The molecule has 2 aliphatic rings. The van der Waals surface area contributed by atoms with Crippen molar-refractivity contribution in [3.8, 4) is 0 Å². The molecule has 2 heteroatoms. The van der Waals surface area contributed by atoms with E-state index >= 15 is 0 Å². The molecule has 18 heavy (non-hydrogen) atoms. The molecule has 1 heterocycles. The molecule has 1 aromatic rings. The largest absolute Gasteiger partial charge is 0.372 e. The van der Waals surface area contributed by atoms with Gasteiger partial charge in [-0.25, -0.2) is 0 Å². The van der Waals surface area contributed by atoms with Gasteiger partial charge in [-0.1, -0.05) is 19.1 Å². The quantitative estimate of drug-likeness (QED) is 0.760. The molecule has 1 aliphatic carbocycles. The van der Waals surface area contributed by atoms with Gasteiger partial charge >= 0.3 is 0 Å². The minimum atomic E-state index is 0.284. The number of anilines is 1. The van der Waals surface area contributed by atoms with E-state index in [1.807, 2.05) is 0 Å². The van der Waals surface area contributed by atoms with Crippen molar-refractivity contribution in [3.05, 3.63) is 29.8 Å². The van der Waals surface area contributed by atoms with Crippen molar-refractivity contribution < 1.29 is 4.79 Å². The molecule has 2 fully saturated rings. The van der Waals surface area contributed by atoms with Crippen LogP contribution in [0.15, 0.2) is 24.3 Å². The van der Waals surface area contributed by atoms with Crippen molar-refractivity contribution in [1.29, 1.82) is 0 Å². The first-order valence-corrected chi connectivity index (χ1v) is 7.08. The number of hydrogen-bond donors (Lipinski definition) is 0. The fraction of sp³-hybridized carbons (Fsp3) is 0.562. The number of rotatable bonds is 3. The van der Waals surface area contributed by atoms with Gasteiger partial charge in [-0.05, 0) is 48.8 Å². The summed E-state index contributed by atoms with van der Waals surface area (Å²) in [6, 6.07) is 8.88. The summed E-state index contributed by atoms with van der Waals surface area (Å²) < 4.78 is 0. The Balaban J connectivity index is 1.66. The van der Waals surface area contributed by atoms with Crippen LogP contribution in [0.1, 0.15) is 37.7 Å². The summed E-state index contributed by atoms with van der Waals surface area (Å²) in [6.07, 6.45) is 4.75. The van der Waals surface area contributed by atoms with Crippen LogP contribution < -0.4 is 4.90 Å². The lowest BCUT2D eigenvalue weighted by molar-refractivity contribution is -0.108. The van der Waals surface area contributed by atoms with Gasteiger partial charge in [0.1, 0.15) is 6.29 Å². The van der Waals surface area contributed by atoms with E-state index in [-0.39, 0.29) is 5.92 Å². The van der Waals surface area contributed by atoms with E-state index < -0.39 is 0 Å². The van der Waals surface area contributed by atoms with E-state index in [1.165, 1.54) is 37.2 Å². The van der Waals surface area contributed by atoms with E-state index in [9.17, 15) is 4.79 Å². The van der Waals surface area contributed by atoms with Gasteiger partial charge in [0.25, 0.3) is 0 Å². The van der Waals surface area contributed by atoms with E-state index in [1.54, 1.807) is 0 Å². The normalized spacial score (nSPS) is 28.2. The van der Waals surface area contributed by atoms with E-state index in [0.29, 0.717) is 5.92 Å². The SMILES string of the molecule is CC1CCN(c2ccc(C3CC3C=O)cc2)CC1. The molecule has 0 spiro atoms. The van der Waals surface area contributed by atoms with Crippen molar-refractivity contribution in [2.75, 3.05) is 18.0 Å². The van der Waals surface area contributed by atoms with Gasteiger partial charge in [0, 0.05) is 24.7 Å². The van der Waals surface area contributed by atoms with Crippen LogP contribution in [0.4, 0.5) is 5.69 Å². The Kier molecular flexibility index (Phi) is 3.11. The fourth-order valence-corrected chi connectivity index (χ4v) is 2.95. The third-order valence-electron chi connectivity index (χ3n) is 4.48. The molecule has 96 valence electrons. The second kappa shape index (κ2) is 4.75. The summed E-state index contributed by atoms with van der Waals surface area (Å²) in [5.41, 5.74) is 2.68. The van der Waals surface area contributed by atoms with Crippen LogP contribution in [0.25, 0.3) is 0 Å². The zero-order chi connectivity index (χ0) is 12.5. The lowest BCUT2D eigenvalue weighted by Crippen LogP contribution is -2.32. The Morgan fingerprint density at radius 3 is 2.39 bits per heavy atom.